The van der Waals surface area contributed by atoms with E-state index < -0.39 is 0 Å². The Balaban J connectivity index is 2.16. The van der Waals surface area contributed by atoms with Crippen molar-refractivity contribution < 1.29 is 4.39 Å². The van der Waals surface area contributed by atoms with E-state index in [2.05, 4.69) is 24.1 Å². The fourth-order valence-corrected chi connectivity index (χ4v) is 2.54. The molecule has 17 heavy (non-hydrogen) atoms. The molecule has 0 amide bonds. The molecular weight excluding hydrogens is 215 g/mol. The van der Waals surface area contributed by atoms with Crippen molar-refractivity contribution in [3.8, 4) is 0 Å². The van der Waals surface area contributed by atoms with Crippen LogP contribution in [0.4, 0.5) is 10.1 Å². The number of nitrogens with zero attached hydrogens (tertiary/aromatic N) is 1. The van der Waals surface area contributed by atoms with Crippen molar-refractivity contribution in [3.05, 3.63) is 29.6 Å². The lowest BCUT2D eigenvalue weighted by atomic mass is 10.1. The van der Waals surface area contributed by atoms with Crippen LogP contribution >= 0.6 is 0 Å². The average molecular weight is 236 g/mol. The topological polar surface area (TPSA) is 15.3 Å². The number of fused-ring (bicyclic) bond motifs is 1. The first-order chi connectivity index (χ1) is 8.26. The summed E-state index contributed by atoms with van der Waals surface area (Å²) in [6.07, 6.45) is 2.13. The number of halogens is 1. The molecule has 0 saturated heterocycles. The van der Waals surface area contributed by atoms with E-state index in [1.54, 1.807) is 12.1 Å². The quantitative estimate of drug-likeness (QED) is 0.845. The second-order valence-electron chi connectivity index (χ2n) is 4.59. The summed E-state index contributed by atoms with van der Waals surface area (Å²) < 4.78 is 13.3. The average Bonchev–Trinajstić information content (AvgIpc) is 2.73. The summed E-state index contributed by atoms with van der Waals surface area (Å²) in [7, 11) is 0. The van der Waals surface area contributed by atoms with Gasteiger partial charge in [-0.05, 0) is 37.1 Å². The third-order valence-electron chi connectivity index (χ3n) is 3.52. The van der Waals surface area contributed by atoms with E-state index in [0.717, 1.165) is 38.2 Å². The Morgan fingerprint density at radius 3 is 2.94 bits per heavy atom. The van der Waals surface area contributed by atoms with Crippen molar-refractivity contribution in [2.75, 3.05) is 24.5 Å². The molecule has 1 unspecified atom stereocenters. The molecule has 2 rings (SSSR count). The summed E-state index contributed by atoms with van der Waals surface area (Å²) >= 11 is 0. The molecule has 1 aromatic carbocycles. The summed E-state index contributed by atoms with van der Waals surface area (Å²) in [4.78, 5) is 2.35. The van der Waals surface area contributed by atoms with E-state index in [0.29, 0.717) is 6.04 Å². The first kappa shape index (κ1) is 12.4. The normalized spacial score (nSPS) is 16.1. The molecule has 0 radical (unpaired) electrons. The molecule has 94 valence electrons. The van der Waals surface area contributed by atoms with E-state index in [1.165, 1.54) is 5.56 Å². The maximum absolute atomic E-state index is 13.3. The first-order valence-corrected chi connectivity index (χ1v) is 6.52. The van der Waals surface area contributed by atoms with Crippen molar-refractivity contribution in [1.82, 2.24) is 5.32 Å². The molecule has 2 nitrogen and oxygen atoms in total. The van der Waals surface area contributed by atoms with Crippen LogP contribution in [0.2, 0.25) is 0 Å². The van der Waals surface area contributed by atoms with Crippen molar-refractivity contribution in [2.24, 2.45) is 0 Å². The molecule has 0 bridgehead atoms. The van der Waals surface area contributed by atoms with E-state index in [-0.39, 0.29) is 5.82 Å². The first-order valence-electron chi connectivity index (χ1n) is 6.52. The van der Waals surface area contributed by atoms with Gasteiger partial charge in [0, 0.05) is 24.8 Å². The lowest BCUT2D eigenvalue weighted by Crippen LogP contribution is -2.41. The van der Waals surface area contributed by atoms with Crippen LogP contribution in [-0.4, -0.2) is 25.7 Å². The smallest absolute Gasteiger partial charge is 0.125 e. The third-order valence-corrected chi connectivity index (χ3v) is 3.52. The van der Waals surface area contributed by atoms with E-state index >= 15 is 0 Å². The molecule has 1 aliphatic rings. The predicted octanol–water partition coefficient (Wildman–Crippen LogP) is 2.58. The van der Waals surface area contributed by atoms with Crippen molar-refractivity contribution in [2.45, 2.75) is 32.7 Å². The van der Waals surface area contributed by atoms with Crippen LogP contribution in [0, 0.1) is 5.82 Å². The molecule has 1 atom stereocenters. The Hall–Kier alpha value is -1.09. The molecule has 1 N–H and O–H groups in total. The number of benzene rings is 1. The number of anilines is 1. The summed E-state index contributed by atoms with van der Waals surface area (Å²) in [6, 6.07) is 5.63. The molecule has 1 aromatic rings. The van der Waals surface area contributed by atoms with Crippen LogP contribution < -0.4 is 10.2 Å². The predicted molar refractivity (Wildman–Crippen MR) is 70.1 cm³/mol. The minimum Gasteiger partial charge on any atom is -0.367 e. The molecule has 1 heterocycles. The van der Waals surface area contributed by atoms with Gasteiger partial charge in [0.2, 0.25) is 0 Å². The Kier molecular flexibility index (Phi) is 4.00. The molecule has 0 spiro atoms. The van der Waals surface area contributed by atoms with Gasteiger partial charge >= 0.3 is 0 Å². The van der Waals surface area contributed by atoms with Gasteiger partial charge in [0.15, 0.2) is 0 Å². The Morgan fingerprint density at radius 1 is 1.41 bits per heavy atom. The molecule has 0 saturated carbocycles. The number of nitrogens with one attached hydrogen (secondary N) is 1. The van der Waals surface area contributed by atoms with Crippen LogP contribution in [0.15, 0.2) is 18.2 Å². The van der Waals surface area contributed by atoms with Gasteiger partial charge in [0.05, 0.1) is 0 Å². The van der Waals surface area contributed by atoms with E-state index in [1.807, 2.05) is 6.07 Å². The zero-order chi connectivity index (χ0) is 12.3. The second-order valence-corrected chi connectivity index (χ2v) is 4.59. The number of hydrogen-bond donors (Lipinski definition) is 1. The van der Waals surface area contributed by atoms with Gasteiger partial charge in [-0.2, -0.15) is 0 Å². The number of rotatable bonds is 5. The highest BCUT2D eigenvalue weighted by molar-refractivity contribution is 5.59. The number of likely N-dealkylation sites (N-methyl/N-ethyl adjacent to an activating group) is 1. The summed E-state index contributed by atoms with van der Waals surface area (Å²) in [6.45, 7) is 7.29. The Morgan fingerprint density at radius 2 is 2.24 bits per heavy atom. The number of hydrogen-bond acceptors (Lipinski definition) is 2. The molecule has 1 aliphatic heterocycles. The largest absolute Gasteiger partial charge is 0.367 e. The monoisotopic (exact) mass is 236 g/mol. The lowest BCUT2D eigenvalue weighted by molar-refractivity contribution is 0.536. The van der Waals surface area contributed by atoms with Crippen molar-refractivity contribution in [3.63, 3.8) is 0 Å². The fourth-order valence-electron chi connectivity index (χ4n) is 2.54. The maximum atomic E-state index is 13.3. The molecule has 3 heteroatoms. The van der Waals surface area contributed by atoms with Crippen molar-refractivity contribution >= 4 is 5.69 Å². The van der Waals surface area contributed by atoms with E-state index in [4.69, 9.17) is 0 Å². The highest BCUT2D eigenvalue weighted by Crippen LogP contribution is 2.30. The van der Waals surface area contributed by atoms with Crippen LogP contribution in [0.5, 0.6) is 0 Å². The second kappa shape index (κ2) is 5.50. The molecule has 0 fully saturated rings. The van der Waals surface area contributed by atoms with Crippen LogP contribution in [0.25, 0.3) is 0 Å². The van der Waals surface area contributed by atoms with Crippen LogP contribution in [0.3, 0.4) is 0 Å². The standard InChI is InChI=1S/C14H21FN2/c1-3-13(10-16-4-2)17-8-7-11-5-6-12(15)9-14(11)17/h5-6,9,13,16H,3-4,7-8,10H2,1-2H3. The van der Waals surface area contributed by atoms with Gasteiger partial charge in [-0.15, -0.1) is 0 Å². The van der Waals surface area contributed by atoms with Gasteiger partial charge in [-0.1, -0.05) is 19.9 Å². The summed E-state index contributed by atoms with van der Waals surface area (Å²) in [5.41, 5.74) is 2.37. The van der Waals surface area contributed by atoms with Gasteiger partial charge in [-0.3, -0.25) is 0 Å². The fraction of sp³-hybridized carbons (Fsp3) is 0.571. The SMILES string of the molecule is CCNCC(CC)N1CCc2ccc(F)cc21. The highest BCUT2D eigenvalue weighted by atomic mass is 19.1. The van der Waals surface area contributed by atoms with Crippen LogP contribution in [-0.2, 0) is 6.42 Å². The molecule has 0 aliphatic carbocycles. The lowest BCUT2D eigenvalue weighted by Gasteiger charge is -2.29. The maximum Gasteiger partial charge on any atom is 0.125 e. The third kappa shape index (κ3) is 2.60. The summed E-state index contributed by atoms with van der Waals surface area (Å²) in [5.74, 6) is -0.131. The van der Waals surface area contributed by atoms with Gasteiger partial charge < -0.3 is 10.2 Å². The van der Waals surface area contributed by atoms with Gasteiger partial charge in [0.1, 0.15) is 5.82 Å². The Labute approximate surface area is 103 Å². The molecular formula is C14H21FN2. The highest BCUT2D eigenvalue weighted by Gasteiger charge is 2.24. The zero-order valence-corrected chi connectivity index (χ0v) is 10.7. The minimum atomic E-state index is -0.131. The van der Waals surface area contributed by atoms with Crippen molar-refractivity contribution in [1.29, 1.82) is 0 Å². The van der Waals surface area contributed by atoms with Gasteiger partial charge in [-0.25, -0.2) is 4.39 Å². The van der Waals surface area contributed by atoms with E-state index in [9.17, 15) is 4.39 Å². The van der Waals surface area contributed by atoms with Gasteiger partial charge in [0.25, 0.3) is 0 Å². The Bertz CT molecular complexity index is 378. The van der Waals surface area contributed by atoms with Crippen LogP contribution in [0.1, 0.15) is 25.8 Å². The molecule has 0 aromatic heterocycles. The minimum absolute atomic E-state index is 0.131. The summed E-state index contributed by atoms with van der Waals surface area (Å²) in [5, 5.41) is 3.39. The zero-order valence-electron chi connectivity index (χ0n) is 10.7.